The highest BCUT2D eigenvalue weighted by molar-refractivity contribution is 6.08. The summed E-state index contributed by atoms with van der Waals surface area (Å²) >= 11 is 0. The van der Waals surface area contributed by atoms with Crippen molar-refractivity contribution in [3.8, 4) is 11.1 Å². The summed E-state index contributed by atoms with van der Waals surface area (Å²) in [4.78, 5) is 15.1. The smallest absolute Gasteiger partial charge is 0.152 e. The van der Waals surface area contributed by atoms with E-state index in [1.54, 1.807) is 0 Å². The molecule has 3 nitrogen and oxygen atoms in total. The van der Waals surface area contributed by atoms with Gasteiger partial charge in [-0.15, -0.1) is 0 Å². The highest BCUT2D eigenvalue weighted by Crippen LogP contribution is 2.63. The van der Waals surface area contributed by atoms with Crippen molar-refractivity contribution in [1.29, 1.82) is 0 Å². The van der Waals surface area contributed by atoms with E-state index in [1.807, 2.05) is 0 Å². The Bertz CT molecular complexity index is 2220. The fraction of sp³-hybridized carbons (Fsp3) is 0.170. The van der Waals surface area contributed by atoms with Gasteiger partial charge in [-0.3, -0.25) is 4.99 Å². The van der Waals surface area contributed by atoms with Crippen LogP contribution in [0.1, 0.15) is 53.5 Å². The number of hydrogen-bond donors (Lipinski definition) is 0. The van der Waals surface area contributed by atoms with Crippen LogP contribution in [0.25, 0.3) is 22.3 Å². The van der Waals surface area contributed by atoms with Crippen LogP contribution in [0.2, 0.25) is 0 Å². The lowest BCUT2D eigenvalue weighted by Crippen LogP contribution is -2.27. The summed E-state index contributed by atoms with van der Waals surface area (Å²) in [6.45, 7) is 4.59. The number of rotatable bonds is 5. The normalized spacial score (nSPS) is 21.4. The minimum Gasteiger partial charge on any atom is -0.266 e. The molecule has 0 fully saturated rings. The van der Waals surface area contributed by atoms with Crippen LogP contribution in [0, 0.1) is 11.8 Å². The van der Waals surface area contributed by atoms with Gasteiger partial charge in [-0.2, -0.15) is 0 Å². The fourth-order valence-corrected chi connectivity index (χ4v) is 8.88. The third-order valence-corrected chi connectivity index (χ3v) is 11.1. The first kappa shape index (κ1) is 30.4. The molecule has 0 aromatic heterocycles. The van der Waals surface area contributed by atoms with Gasteiger partial charge in [-0.05, 0) is 93.6 Å². The second-order valence-electron chi connectivity index (χ2n) is 13.7. The Balaban J connectivity index is 1.15. The van der Waals surface area contributed by atoms with E-state index in [4.69, 9.17) is 9.98 Å². The zero-order valence-electron chi connectivity index (χ0n) is 28.2. The molecule has 4 aromatic rings. The minimum absolute atomic E-state index is 0.0957. The summed E-state index contributed by atoms with van der Waals surface area (Å²) < 4.78 is 0. The molecule has 1 spiro atoms. The summed E-state index contributed by atoms with van der Waals surface area (Å²) in [6.07, 6.45) is 21.4. The minimum atomic E-state index is -0.329. The van der Waals surface area contributed by atoms with Crippen molar-refractivity contribution in [1.82, 2.24) is 0 Å². The molecule has 0 radical (unpaired) electrons. The van der Waals surface area contributed by atoms with Gasteiger partial charge < -0.3 is 0 Å². The Hall–Kier alpha value is -5.67. The van der Waals surface area contributed by atoms with Crippen LogP contribution in [0.5, 0.6) is 0 Å². The van der Waals surface area contributed by atoms with E-state index in [2.05, 4.69) is 163 Å². The van der Waals surface area contributed by atoms with Crippen LogP contribution >= 0.6 is 0 Å². The number of hydrogen-bond acceptors (Lipinski definition) is 1. The molecule has 0 heterocycles. The number of amidine groups is 2. The topological polar surface area (TPSA) is 37.1 Å². The lowest BCUT2D eigenvalue weighted by molar-refractivity contribution is 0.677. The number of aliphatic imine (C=N–C) groups is 3. The average molecular weight is 646 g/mol. The lowest BCUT2D eigenvalue weighted by Gasteiger charge is -2.32. The first-order chi connectivity index (χ1) is 24.8. The van der Waals surface area contributed by atoms with Crippen LogP contribution in [0.3, 0.4) is 0 Å². The first-order valence-electron chi connectivity index (χ1n) is 17.9. The zero-order valence-corrected chi connectivity index (χ0v) is 28.2. The second kappa shape index (κ2) is 12.7. The number of nitrogens with zero attached hydrogens (tertiary/aromatic N) is 3. The van der Waals surface area contributed by atoms with Crippen molar-refractivity contribution in [2.24, 2.45) is 26.8 Å². The van der Waals surface area contributed by atoms with E-state index in [0.717, 1.165) is 42.9 Å². The molecule has 5 aliphatic rings. The van der Waals surface area contributed by atoms with E-state index in [0.29, 0.717) is 6.54 Å². The molecule has 0 aliphatic heterocycles. The Morgan fingerprint density at radius 3 is 2.04 bits per heavy atom. The van der Waals surface area contributed by atoms with Gasteiger partial charge in [0.15, 0.2) is 5.84 Å². The van der Waals surface area contributed by atoms with Gasteiger partial charge in [0.1, 0.15) is 5.84 Å². The monoisotopic (exact) mass is 645 g/mol. The van der Waals surface area contributed by atoms with E-state index < -0.39 is 0 Å². The van der Waals surface area contributed by atoms with E-state index in [-0.39, 0.29) is 17.3 Å². The molecule has 2 atom stereocenters. The zero-order chi connectivity index (χ0) is 33.5. The molecule has 0 N–H and O–H groups in total. The largest absolute Gasteiger partial charge is 0.266 e. The van der Waals surface area contributed by atoms with Gasteiger partial charge in [0.2, 0.25) is 0 Å². The highest BCUT2D eigenvalue weighted by Gasteiger charge is 2.53. The molecule has 3 heteroatoms. The predicted octanol–water partition coefficient (Wildman–Crippen LogP) is 10.8. The predicted molar refractivity (Wildman–Crippen MR) is 210 cm³/mol. The molecule has 0 amide bonds. The van der Waals surface area contributed by atoms with E-state index in [9.17, 15) is 0 Å². The van der Waals surface area contributed by atoms with Crippen LogP contribution < -0.4 is 0 Å². The standard InChI is InChI=1S/C47H39N3/c1-48-45(34-17-6-3-7-18-34)50-46(35-29-27-33(28-30-35)32-15-4-2-5-16-32)49-31-36-19-14-26-43-44(36)39-22-10-13-25-42(39)47(43)40-23-11-8-20-37(40)38-21-9-12-24-41(38)47/h2-17,20-27,29,34,36H,1,18-19,28,30-31H2/b49-46-,50-45-. The van der Waals surface area contributed by atoms with Crippen molar-refractivity contribution < 1.29 is 0 Å². The molecule has 4 aromatic carbocycles. The molecule has 5 aliphatic carbocycles. The second-order valence-corrected chi connectivity index (χ2v) is 13.7. The SMILES string of the molecule is C=N/C(=N\C(=N/CC1CC=CC2=C1c1ccccc1C21c2ccccc2-c2ccccc21)C1=CC=C(c2ccccc2)CC1)C1C=CC=CC1. The third kappa shape index (κ3) is 4.83. The first-order valence-corrected chi connectivity index (χ1v) is 17.9. The fourth-order valence-electron chi connectivity index (χ4n) is 8.88. The molecule has 242 valence electrons. The highest BCUT2D eigenvalue weighted by atomic mass is 15.0. The summed E-state index contributed by atoms with van der Waals surface area (Å²) in [7, 11) is 0. The van der Waals surface area contributed by atoms with Crippen LogP contribution in [-0.2, 0) is 5.41 Å². The van der Waals surface area contributed by atoms with Crippen molar-refractivity contribution in [3.05, 3.63) is 191 Å². The molecular formula is C47H39N3. The quantitative estimate of drug-likeness (QED) is 0.153. The number of benzene rings is 4. The van der Waals surface area contributed by atoms with E-state index >= 15 is 0 Å². The van der Waals surface area contributed by atoms with Crippen molar-refractivity contribution in [3.63, 3.8) is 0 Å². The maximum absolute atomic E-state index is 5.42. The van der Waals surface area contributed by atoms with Crippen LogP contribution in [-0.4, -0.2) is 24.9 Å². The molecule has 2 unspecified atom stereocenters. The number of fused-ring (bicyclic) bond motifs is 9. The Kier molecular flexibility index (Phi) is 7.69. The molecule has 9 rings (SSSR count). The Labute approximate surface area is 295 Å². The van der Waals surface area contributed by atoms with Gasteiger partial charge >= 0.3 is 0 Å². The van der Waals surface area contributed by atoms with Gasteiger partial charge in [0.25, 0.3) is 0 Å². The lowest BCUT2D eigenvalue weighted by atomic mass is 9.68. The van der Waals surface area contributed by atoms with E-state index in [1.165, 1.54) is 55.7 Å². The van der Waals surface area contributed by atoms with Gasteiger partial charge in [-0.25, -0.2) is 9.98 Å². The summed E-state index contributed by atoms with van der Waals surface area (Å²) in [5.41, 5.74) is 14.4. The summed E-state index contributed by atoms with van der Waals surface area (Å²) in [5.74, 6) is 1.83. The third-order valence-electron chi connectivity index (χ3n) is 11.1. The molecule has 0 bridgehead atoms. The van der Waals surface area contributed by atoms with Crippen molar-refractivity contribution in [2.45, 2.75) is 31.1 Å². The summed E-state index contributed by atoms with van der Waals surface area (Å²) in [5, 5.41) is 0. The van der Waals surface area contributed by atoms with Gasteiger partial charge in [0.05, 0.1) is 5.41 Å². The van der Waals surface area contributed by atoms with Crippen LogP contribution in [0.15, 0.2) is 178 Å². The van der Waals surface area contributed by atoms with Crippen molar-refractivity contribution in [2.75, 3.05) is 6.54 Å². The maximum Gasteiger partial charge on any atom is 0.152 e. The molecule has 0 saturated heterocycles. The number of allylic oxidation sites excluding steroid dienone is 9. The molecular weight excluding hydrogens is 607 g/mol. The Morgan fingerprint density at radius 2 is 1.38 bits per heavy atom. The summed E-state index contributed by atoms with van der Waals surface area (Å²) in [6, 6.07) is 37.8. The molecule has 50 heavy (non-hydrogen) atoms. The van der Waals surface area contributed by atoms with Crippen molar-refractivity contribution >= 4 is 29.5 Å². The Morgan fingerprint density at radius 1 is 0.700 bits per heavy atom. The maximum atomic E-state index is 5.42. The average Bonchev–Trinajstić information content (AvgIpc) is 3.67. The molecule has 0 saturated carbocycles. The van der Waals surface area contributed by atoms with Crippen LogP contribution in [0.4, 0.5) is 0 Å². The van der Waals surface area contributed by atoms with Gasteiger partial charge in [0, 0.05) is 18.4 Å². The van der Waals surface area contributed by atoms with Gasteiger partial charge in [-0.1, -0.05) is 152 Å².